The van der Waals surface area contributed by atoms with Crippen LogP contribution in [0.15, 0.2) is 18.2 Å². The second-order valence-electron chi connectivity index (χ2n) is 5.15. The van der Waals surface area contributed by atoms with Crippen molar-refractivity contribution >= 4 is 0 Å². The lowest BCUT2D eigenvalue weighted by Gasteiger charge is -2.28. The third kappa shape index (κ3) is 5.29. The van der Waals surface area contributed by atoms with Gasteiger partial charge in [0, 0.05) is 19.6 Å². The number of aryl methyl sites for hydroxylation is 2. The molecule has 1 heterocycles. The van der Waals surface area contributed by atoms with Gasteiger partial charge in [0.15, 0.2) is 0 Å². The standard InChI is InChI=1S/C15H23NO3.ClH/c1-12-3-4-13(2)15(9-12)19-11-14(17)10-16-5-7-18-8-6-16;/h3-4,9,14,17H,5-8,10-11H2,1-2H3;1H/p-1. The number of hydrogen-bond donors (Lipinski definition) is 1. The molecule has 1 saturated heterocycles. The molecule has 114 valence electrons. The van der Waals surface area contributed by atoms with Crippen molar-refractivity contribution in [1.82, 2.24) is 4.90 Å². The maximum absolute atomic E-state index is 10.0. The van der Waals surface area contributed by atoms with Crippen LogP contribution in [0.3, 0.4) is 0 Å². The van der Waals surface area contributed by atoms with Crippen LogP contribution in [0, 0.1) is 13.8 Å². The van der Waals surface area contributed by atoms with Crippen LogP contribution in [-0.4, -0.2) is 55.6 Å². The first-order valence-electron chi connectivity index (χ1n) is 6.83. The largest absolute Gasteiger partial charge is 1.00 e. The number of hydrogen-bond acceptors (Lipinski definition) is 4. The number of aliphatic hydroxyl groups excluding tert-OH is 1. The van der Waals surface area contributed by atoms with Gasteiger partial charge in [0.25, 0.3) is 0 Å². The Hall–Kier alpha value is -0.810. The molecule has 0 bridgehead atoms. The Morgan fingerprint density at radius 1 is 1.30 bits per heavy atom. The fourth-order valence-corrected chi connectivity index (χ4v) is 2.18. The molecule has 0 aromatic heterocycles. The minimum atomic E-state index is -0.460. The summed E-state index contributed by atoms with van der Waals surface area (Å²) in [5, 5.41) is 10.0. The van der Waals surface area contributed by atoms with E-state index in [2.05, 4.69) is 11.0 Å². The van der Waals surface area contributed by atoms with E-state index in [1.807, 2.05) is 26.0 Å². The van der Waals surface area contributed by atoms with Gasteiger partial charge in [-0.1, -0.05) is 12.1 Å². The van der Waals surface area contributed by atoms with Crippen LogP contribution in [0.2, 0.25) is 0 Å². The van der Waals surface area contributed by atoms with Crippen LogP contribution in [0.4, 0.5) is 0 Å². The van der Waals surface area contributed by atoms with E-state index in [1.165, 1.54) is 5.56 Å². The van der Waals surface area contributed by atoms with Gasteiger partial charge in [-0.25, -0.2) is 0 Å². The molecular weight excluding hydrogens is 278 g/mol. The van der Waals surface area contributed by atoms with Gasteiger partial charge in [-0.05, 0) is 31.0 Å². The van der Waals surface area contributed by atoms with Crippen LogP contribution >= 0.6 is 0 Å². The van der Waals surface area contributed by atoms with Crippen LogP contribution in [-0.2, 0) is 4.74 Å². The smallest absolute Gasteiger partial charge is 0.122 e. The molecule has 5 heteroatoms. The zero-order valence-electron chi connectivity index (χ0n) is 12.1. The second kappa shape index (κ2) is 8.47. The monoisotopic (exact) mass is 300 g/mol. The number of rotatable bonds is 5. The fraction of sp³-hybridized carbons (Fsp3) is 0.600. The lowest BCUT2D eigenvalue weighted by Crippen LogP contribution is -3.00. The lowest BCUT2D eigenvalue weighted by atomic mass is 10.1. The summed E-state index contributed by atoms with van der Waals surface area (Å²) < 4.78 is 11.0. The molecule has 0 aliphatic carbocycles. The highest BCUT2D eigenvalue weighted by atomic mass is 35.5. The first-order chi connectivity index (χ1) is 9.15. The van der Waals surface area contributed by atoms with Crippen LogP contribution < -0.4 is 17.1 Å². The Labute approximate surface area is 127 Å². The molecule has 0 amide bonds. The van der Waals surface area contributed by atoms with E-state index < -0.39 is 6.10 Å². The predicted molar refractivity (Wildman–Crippen MR) is 74.7 cm³/mol. The third-order valence-corrected chi connectivity index (χ3v) is 3.35. The molecule has 1 fully saturated rings. The zero-order chi connectivity index (χ0) is 13.7. The number of morpholine rings is 1. The average molecular weight is 301 g/mol. The first-order valence-corrected chi connectivity index (χ1v) is 6.83. The van der Waals surface area contributed by atoms with Crippen LogP contribution in [0.25, 0.3) is 0 Å². The van der Waals surface area contributed by atoms with E-state index in [0.717, 1.165) is 37.6 Å². The number of β-amino-alcohol motifs (C(OH)–C–C–N with tert-alkyl or cyclic N) is 1. The minimum Gasteiger partial charge on any atom is -1.00 e. The topological polar surface area (TPSA) is 41.9 Å². The Balaban J connectivity index is 0.00000200. The van der Waals surface area contributed by atoms with E-state index >= 15 is 0 Å². The van der Waals surface area contributed by atoms with Crippen molar-refractivity contribution in [3.8, 4) is 5.75 Å². The summed E-state index contributed by atoms with van der Waals surface area (Å²) in [4.78, 5) is 2.21. The Kier molecular flexibility index (Phi) is 7.30. The van der Waals surface area contributed by atoms with Gasteiger partial charge < -0.3 is 27.0 Å². The van der Waals surface area contributed by atoms with Crippen molar-refractivity contribution in [2.75, 3.05) is 39.5 Å². The molecule has 1 N–H and O–H groups in total. The molecule has 4 nitrogen and oxygen atoms in total. The fourth-order valence-electron chi connectivity index (χ4n) is 2.18. The number of aliphatic hydroxyl groups is 1. The predicted octanol–water partition coefficient (Wildman–Crippen LogP) is -1.62. The molecule has 20 heavy (non-hydrogen) atoms. The minimum absolute atomic E-state index is 0. The first kappa shape index (κ1) is 17.2. The summed E-state index contributed by atoms with van der Waals surface area (Å²) in [6.07, 6.45) is -0.460. The van der Waals surface area contributed by atoms with Crippen molar-refractivity contribution in [2.45, 2.75) is 20.0 Å². The van der Waals surface area contributed by atoms with Crippen LogP contribution in [0.1, 0.15) is 11.1 Å². The van der Waals surface area contributed by atoms with Crippen molar-refractivity contribution < 1.29 is 27.0 Å². The molecule has 1 aromatic carbocycles. The molecule has 0 spiro atoms. The van der Waals surface area contributed by atoms with E-state index in [1.54, 1.807) is 0 Å². The highest BCUT2D eigenvalue weighted by Gasteiger charge is 2.15. The summed E-state index contributed by atoms with van der Waals surface area (Å²) >= 11 is 0. The molecule has 1 atom stereocenters. The highest BCUT2D eigenvalue weighted by molar-refractivity contribution is 5.35. The maximum Gasteiger partial charge on any atom is 0.122 e. The SMILES string of the molecule is Cc1ccc(C)c(OCC(O)CN2CCOCC2)c1.[Cl-]. The lowest BCUT2D eigenvalue weighted by molar-refractivity contribution is -0.0000344. The van der Waals surface area contributed by atoms with Gasteiger partial charge in [0.1, 0.15) is 18.5 Å². The Morgan fingerprint density at radius 2 is 2.00 bits per heavy atom. The molecule has 0 radical (unpaired) electrons. The average Bonchev–Trinajstić information content (AvgIpc) is 2.41. The van der Waals surface area contributed by atoms with Crippen molar-refractivity contribution in [2.24, 2.45) is 0 Å². The quantitative estimate of drug-likeness (QED) is 0.710. The molecule has 1 aliphatic rings. The summed E-state index contributed by atoms with van der Waals surface area (Å²) in [7, 11) is 0. The highest BCUT2D eigenvalue weighted by Crippen LogP contribution is 2.19. The Morgan fingerprint density at radius 3 is 2.70 bits per heavy atom. The van der Waals surface area contributed by atoms with Crippen molar-refractivity contribution in [3.63, 3.8) is 0 Å². The van der Waals surface area contributed by atoms with E-state index in [9.17, 15) is 5.11 Å². The van der Waals surface area contributed by atoms with E-state index in [-0.39, 0.29) is 12.4 Å². The van der Waals surface area contributed by atoms with E-state index in [0.29, 0.717) is 13.2 Å². The molecule has 0 saturated carbocycles. The molecule has 1 aromatic rings. The van der Waals surface area contributed by atoms with Gasteiger partial charge in [0.2, 0.25) is 0 Å². The van der Waals surface area contributed by atoms with Gasteiger partial charge >= 0.3 is 0 Å². The zero-order valence-corrected chi connectivity index (χ0v) is 12.9. The summed E-state index contributed by atoms with van der Waals surface area (Å²) in [6, 6.07) is 6.11. The van der Waals surface area contributed by atoms with Gasteiger partial charge in [0.05, 0.1) is 13.2 Å². The molecule has 2 rings (SSSR count). The third-order valence-electron chi connectivity index (χ3n) is 3.35. The van der Waals surface area contributed by atoms with Crippen molar-refractivity contribution in [3.05, 3.63) is 29.3 Å². The Bertz CT molecular complexity index is 408. The number of nitrogens with zero attached hydrogens (tertiary/aromatic N) is 1. The molecule has 1 unspecified atom stereocenters. The van der Waals surface area contributed by atoms with Crippen molar-refractivity contribution in [1.29, 1.82) is 0 Å². The normalized spacial score (nSPS) is 17.4. The second-order valence-corrected chi connectivity index (χ2v) is 5.15. The van der Waals surface area contributed by atoms with E-state index in [4.69, 9.17) is 9.47 Å². The number of halogens is 1. The number of benzene rings is 1. The summed E-state index contributed by atoms with van der Waals surface area (Å²) in [6.45, 7) is 8.33. The van der Waals surface area contributed by atoms with Gasteiger partial charge in [-0.2, -0.15) is 0 Å². The molecular formula is C15H23ClNO3-. The van der Waals surface area contributed by atoms with Gasteiger partial charge in [-0.15, -0.1) is 0 Å². The molecule has 1 aliphatic heterocycles. The summed E-state index contributed by atoms with van der Waals surface area (Å²) in [5.41, 5.74) is 2.27. The van der Waals surface area contributed by atoms with Gasteiger partial charge in [-0.3, -0.25) is 4.90 Å². The maximum atomic E-state index is 10.0. The number of ether oxygens (including phenoxy) is 2. The summed E-state index contributed by atoms with van der Waals surface area (Å²) in [5.74, 6) is 0.862. The van der Waals surface area contributed by atoms with Crippen LogP contribution in [0.5, 0.6) is 5.75 Å².